The van der Waals surface area contributed by atoms with Crippen LogP contribution in [0.4, 0.5) is 26.3 Å². The van der Waals surface area contributed by atoms with Gasteiger partial charge in [0, 0.05) is 72.7 Å². The Balaban J connectivity index is 0.000000125. The molecule has 12 heterocycles. The van der Waals surface area contributed by atoms with Gasteiger partial charge in [-0.2, -0.15) is 31.3 Å². The normalized spacial score (nSPS) is 12.6. The number of carboxylic acid groups (broad SMARTS) is 4. The molecule has 0 amide bonds. The van der Waals surface area contributed by atoms with Gasteiger partial charge in [-0.05, 0) is 147 Å². The quantitative estimate of drug-likeness (QED) is 0.0430. The van der Waals surface area contributed by atoms with Crippen molar-refractivity contribution in [3.63, 3.8) is 0 Å². The summed E-state index contributed by atoms with van der Waals surface area (Å²) in [5, 5.41) is 54.7. The summed E-state index contributed by atoms with van der Waals surface area (Å²) in [5.41, 5.74) is -7.21. The predicted molar refractivity (Wildman–Crippen MR) is 461 cm³/mol. The second-order valence-electron chi connectivity index (χ2n) is 28.8. The summed E-state index contributed by atoms with van der Waals surface area (Å²) < 4.78 is 100. The van der Waals surface area contributed by atoms with Crippen molar-refractivity contribution < 1.29 is 75.2 Å². The zero-order valence-electron chi connectivity index (χ0n) is 65.1. The molecule has 127 heavy (non-hydrogen) atoms. The van der Waals surface area contributed by atoms with Crippen LogP contribution < -0.4 is 55.0 Å². The molecule has 1 fully saturated rings. The van der Waals surface area contributed by atoms with E-state index in [0.717, 1.165) is 104 Å². The summed E-state index contributed by atoms with van der Waals surface area (Å²) in [5.74, 6) is -4.65. The first-order chi connectivity index (χ1) is 60.6. The number of alkyl halides is 6. The first-order valence-electron chi connectivity index (χ1n) is 37.6. The zero-order valence-corrected chi connectivity index (χ0v) is 69.1. The average molecular weight is 1860 g/mol. The molecule has 18 aromatic rings. The number of aromatic carboxylic acids is 4. The lowest BCUT2D eigenvalue weighted by atomic mass is 9.98. The number of rotatable bonds is 15. The van der Waals surface area contributed by atoms with Crippen molar-refractivity contribution in [2.45, 2.75) is 44.8 Å². The van der Waals surface area contributed by atoms with E-state index in [0.29, 0.717) is 81.7 Å². The molecule has 1 saturated heterocycles. The van der Waals surface area contributed by atoms with E-state index in [1.54, 1.807) is 121 Å². The number of para-hydroxylation sites is 2. The van der Waals surface area contributed by atoms with Gasteiger partial charge in [-0.25, -0.2) is 56.6 Å². The van der Waals surface area contributed by atoms with Crippen molar-refractivity contribution in [2.75, 3.05) is 20.2 Å². The molecule has 0 atom stereocenters. The van der Waals surface area contributed by atoms with Gasteiger partial charge in [-0.15, -0.1) is 22.7 Å². The number of carbonyl (C=O) groups is 4. The highest BCUT2D eigenvalue weighted by molar-refractivity contribution is 9.10. The molecule has 0 radical (unpaired) electrons. The number of aryl methyl sites for hydroxylation is 1. The lowest BCUT2D eigenvalue weighted by molar-refractivity contribution is -0.138. The van der Waals surface area contributed by atoms with Crippen LogP contribution >= 0.6 is 50.2 Å². The molecule has 0 unspecified atom stereocenters. The highest BCUT2D eigenvalue weighted by atomic mass is 79.9. The van der Waals surface area contributed by atoms with Gasteiger partial charge in [0.05, 0.1) is 113 Å². The molecule has 11 aromatic heterocycles. The van der Waals surface area contributed by atoms with Gasteiger partial charge in [0.2, 0.25) is 6.39 Å². The number of thiophene rings is 2. The fourth-order valence-electron chi connectivity index (χ4n) is 15.7. The Kier molecular flexibility index (Phi) is 22.6. The van der Waals surface area contributed by atoms with Crippen LogP contribution in [0, 0.1) is 5.92 Å². The van der Waals surface area contributed by atoms with E-state index in [9.17, 15) is 104 Å². The summed E-state index contributed by atoms with van der Waals surface area (Å²) in [6.45, 7) is 1.86. The third-order valence-electron chi connectivity index (χ3n) is 21.4. The Morgan fingerprint density at radius 3 is 1.37 bits per heavy atom. The molecule has 0 bridgehead atoms. The van der Waals surface area contributed by atoms with E-state index in [-0.39, 0.29) is 91.2 Å². The predicted octanol–water partition coefficient (Wildman–Crippen LogP) is 12.9. The summed E-state index contributed by atoms with van der Waals surface area (Å²) in [7, 11) is 3.07. The van der Waals surface area contributed by atoms with Gasteiger partial charge < -0.3 is 73.2 Å². The number of aromatic nitrogens is 14. The van der Waals surface area contributed by atoms with Crippen LogP contribution in [0.2, 0.25) is 5.02 Å². The Morgan fingerprint density at radius 1 is 0.488 bits per heavy atom. The highest BCUT2D eigenvalue weighted by Crippen LogP contribution is 2.40. The molecule has 1 aliphatic heterocycles. The number of carboxylic acids is 4. The maximum absolute atomic E-state index is 13.6. The fourth-order valence-corrected chi connectivity index (χ4v) is 17.7. The summed E-state index contributed by atoms with van der Waals surface area (Å²) in [6, 6.07) is 35.4. The Hall–Kier alpha value is -15.0. The molecule has 19 rings (SSSR count). The van der Waals surface area contributed by atoms with Crippen molar-refractivity contribution >= 4 is 161 Å². The van der Waals surface area contributed by atoms with Crippen LogP contribution in [-0.4, -0.2) is 131 Å². The molecule has 0 spiro atoms. The van der Waals surface area contributed by atoms with Crippen LogP contribution in [0.15, 0.2) is 221 Å². The molecule has 43 heteroatoms. The smallest absolute Gasteiger partial charge is 0.416 e. The van der Waals surface area contributed by atoms with E-state index in [1.165, 1.54) is 37.8 Å². The van der Waals surface area contributed by atoms with Crippen LogP contribution in [0.1, 0.15) is 77.3 Å². The third kappa shape index (κ3) is 15.7. The minimum Gasteiger partial charge on any atom is -0.497 e. The summed E-state index contributed by atoms with van der Waals surface area (Å²) in [6.07, 6.45) is -6.65. The zero-order chi connectivity index (χ0) is 90.3. The van der Waals surface area contributed by atoms with Crippen molar-refractivity contribution in [3.05, 3.63) is 312 Å². The van der Waals surface area contributed by atoms with Crippen LogP contribution in [0.5, 0.6) is 5.75 Å². The highest BCUT2D eigenvalue weighted by Gasteiger charge is 2.37. The number of ether oxygens (including phenoxy) is 1. The van der Waals surface area contributed by atoms with E-state index in [2.05, 4.69) is 55.8 Å². The van der Waals surface area contributed by atoms with Crippen LogP contribution in [0.3, 0.4) is 0 Å². The lowest BCUT2D eigenvalue weighted by Gasteiger charge is -2.24. The maximum atomic E-state index is 13.6. The second-order valence-corrected chi connectivity index (χ2v) is 31.6. The number of fused-ring (bicyclic) bond motifs is 8. The van der Waals surface area contributed by atoms with Crippen molar-refractivity contribution in [2.24, 2.45) is 13.0 Å². The molecular formula is C84H59BrClF6N15O18S2. The standard InChI is InChI=1S/C24H16F3N3O5S.C23H21ClN4O4.C19H10F3N5O5S.C18H12BrN3O4/c1-35-14-5-2-12(3-6-14)9-29-18-7-4-13(24(25,26)27)8-15(18)19(20(29)22(32)33)30-21(31)16-10-36-11-17(16)28-23(30)34;24-14-5-6-18-16(11-14)19(20(22(30)31)27(18)12-13-7-9-25-10-8-13)28-21(29)15-3-1-2-4-17(15)26-23(28)32;20-19(21,22)8-1-2-12-9(3-8)14(15(17(29)30)26(12)4-13-23-7-32-25-13)27-16(28)10-5-33-6-11(10)24-18(27)31;1-21-13-8-9(19)6-7-11(13)14(15(21)17(24)25)22-16(23)10-4-2-3-5-12(10)20-18(22)26/h2-8,10-11H,9H2,1H3,(H,28,34)(H,32,33);1-6,11,13,25H,7-10,12H2,(H,26,32)(H,30,31);1-3,5-7H,4H2,(H,24,31)(H,29,30);2-8H,1H3,(H,20,26)(H,24,25). The van der Waals surface area contributed by atoms with E-state index in [1.807, 2.05) is 0 Å². The van der Waals surface area contributed by atoms with Gasteiger partial charge >= 0.3 is 59.0 Å². The van der Waals surface area contributed by atoms with Crippen molar-refractivity contribution in [1.82, 2.24) is 71.9 Å². The number of nitrogens with zero attached hydrogens (tertiary/aromatic N) is 10. The molecule has 1 aliphatic rings. The Labute approximate surface area is 722 Å². The van der Waals surface area contributed by atoms with E-state index < -0.39 is 115 Å². The number of aromatic amines is 4. The molecule has 0 aliphatic carbocycles. The lowest BCUT2D eigenvalue weighted by Crippen LogP contribution is -2.35. The maximum Gasteiger partial charge on any atom is 0.416 e. The van der Waals surface area contributed by atoms with Crippen molar-refractivity contribution in [1.29, 1.82) is 0 Å². The molecule has 7 aromatic carbocycles. The second kappa shape index (κ2) is 33.6. The minimum absolute atomic E-state index is 0.0249. The third-order valence-corrected chi connectivity index (χ3v) is 23.6. The monoisotopic (exact) mass is 1860 g/mol. The molecule has 9 N–H and O–H groups in total. The molecule has 0 saturated carbocycles. The van der Waals surface area contributed by atoms with Gasteiger partial charge in [-0.1, -0.05) is 69.1 Å². The number of hydrogen-bond acceptors (Lipinski definition) is 19. The Bertz CT molecular complexity index is 8120. The van der Waals surface area contributed by atoms with E-state index in [4.69, 9.17) is 16.3 Å². The topological polar surface area (TPSA) is 449 Å². The summed E-state index contributed by atoms with van der Waals surface area (Å²) >= 11 is 11.9. The number of H-pyrrole nitrogens is 4. The average Bonchev–Trinajstić information content (AvgIpc) is 1.59. The summed E-state index contributed by atoms with van der Waals surface area (Å²) in [4.78, 5) is 168. The van der Waals surface area contributed by atoms with Gasteiger partial charge in [0.15, 0.2) is 28.6 Å². The number of halogens is 8. The van der Waals surface area contributed by atoms with E-state index >= 15 is 0 Å². The van der Waals surface area contributed by atoms with Crippen molar-refractivity contribution in [3.8, 4) is 28.5 Å². The van der Waals surface area contributed by atoms with Gasteiger partial charge in [0.25, 0.3) is 22.2 Å². The number of benzene rings is 7. The fraction of sp³-hybridized carbons (Fsp3) is 0.143. The largest absolute Gasteiger partial charge is 0.497 e. The first kappa shape index (κ1) is 85.5. The number of piperidine rings is 1. The number of methoxy groups -OCH3 is 1. The number of nitrogens with one attached hydrogen (secondary N) is 5. The minimum atomic E-state index is -4.75. The van der Waals surface area contributed by atoms with Crippen LogP contribution in [0.25, 0.3) is 110 Å². The first-order valence-corrected chi connectivity index (χ1v) is 40.7. The number of hydrogen-bond donors (Lipinski definition) is 9. The van der Waals surface area contributed by atoms with Crippen LogP contribution in [-0.2, 0) is 39.0 Å². The molecule has 33 nitrogen and oxygen atoms in total. The SMILES string of the molecule is COc1ccc(Cn2c(C(=O)O)c(-n3c(=O)[nH]c4cscc4c3=O)c3cc(C(F)(F)F)ccc32)cc1.Cn1c(C(=O)O)c(-n2c(=O)[nH]c3ccccc3c2=O)c2ccc(Br)cc21.O=C(O)c1c(-n2c(=O)[nH]c3ccccc3c2=O)c2cc(Cl)ccc2n1CC1CCNCC1.O=C(O)c1c(-n2c(=O)[nH]c3cscc3c2=O)c2cc(C(F)(F)F)ccc2n1Cc1ncon1. The molecular weight excluding hydrogens is 1800 g/mol. The Morgan fingerprint density at radius 2 is 0.913 bits per heavy atom. The van der Waals surface area contributed by atoms with Gasteiger partial charge in [0.1, 0.15) is 5.75 Å². The molecule has 646 valence electrons. The van der Waals surface area contributed by atoms with Gasteiger partial charge in [-0.3, -0.25) is 19.2 Å².